The highest BCUT2D eigenvalue weighted by atomic mass is 35.5. The van der Waals surface area contributed by atoms with Gasteiger partial charge in [-0.1, -0.05) is 36.6 Å². The number of nitrogens with zero attached hydrogens (tertiary/aromatic N) is 1. The van der Waals surface area contributed by atoms with Gasteiger partial charge in [0.15, 0.2) is 0 Å². The minimum atomic E-state index is 0. The van der Waals surface area contributed by atoms with Gasteiger partial charge in [0.05, 0.1) is 6.17 Å². The Morgan fingerprint density at radius 3 is 2.50 bits per heavy atom. The molecule has 24 heavy (non-hydrogen) atoms. The van der Waals surface area contributed by atoms with Gasteiger partial charge in [-0.2, -0.15) is 0 Å². The van der Waals surface area contributed by atoms with Crippen LogP contribution < -0.4 is 5.32 Å². The van der Waals surface area contributed by atoms with E-state index in [9.17, 15) is 0 Å². The second-order valence-corrected chi connectivity index (χ2v) is 7.44. The van der Waals surface area contributed by atoms with Crippen LogP contribution in [0.15, 0.2) is 24.3 Å². The van der Waals surface area contributed by atoms with Gasteiger partial charge in [0.2, 0.25) is 0 Å². The summed E-state index contributed by atoms with van der Waals surface area (Å²) in [6.07, 6.45) is 10.1. The minimum Gasteiger partial charge on any atom is -0.305 e. The van der Waals surface area contributed by atoms with Crippen LogP contribution in [0, 0.1) is 5.92 Å². The predicted octanol–water partition coefficient (Wildman–Crippen LogP) is 5.49. The summed E-state index contributed by atoms with van der Waals surface area (Å²) in [6, 6.07) is 8.59. The summed E-state index contributed by atoms with van der Waals surface area (Å²) in [4.78, 5) is 2.67. The van der Waals surface area contributed by atoms with E-state index in [1.54, 1.807) is 0 Å². The SMILES string of the molecule is CNC1CCCCN1CC(c1cccc(Cl)c1)C1CCCC1.Cl.Cl. The maximum absolute atomic E-state index is 6.27. The van der Waals surface area contributed by atoms with Gasteiger partial charge in [0.1, 0.15) is 0 Å². The predicted molar refractivity (Wildman–Crippen MR) is 109 cm³/mol. The van der Waals surface area contributed by atoms with E-state index in [1.165, 1.54) is 63.6 Å². The maximum atomic E-state index is 6.27. The molecule has 0 bridgehead atoms. The van der Waals surface area contributed by atoms with Gasteiger partial charge >= 0.3 is 0 Å². The number of piperidine rings is 1. The Bertz CT molecular complexity index is 477. The molecule has 2 fully saturated rings. The minimum absolute atomic E-state index is 0. The van der Waals surface area contributed by atoms with Crippen molar-refractivity contribution in [2.45, 2.75) is 57.0 Å². The van der Waals surface area contributed by atoms with Gasteiger partial charge in [-0.05, 0) is 75.2 Å². The van der Waals surface area contributed by atoms with Crippen LogP contribution in [0.25, 0.3) is 0 Å². The standard InChI is InChI=1S/C19H29ClN2.2ClH/c1-21-19-11-4-5-12-22(19)14-18(15-7-2-3-8-15)16-9-6-10-17(20)13-16;;/h6,9-10,13,15,18-19,21H,2-5,7-8,11-12,14H2,1H3;2*1H. The molecule has 1 N–H and O–H groups in total. The zero-order chi connectivity index (χ0) is 15.4. The lowest BCUT2D eigenvalue weighted by Gasteiger charge is -2.39. The molecule has 0 spiro atoms. The molecule has 2 aliphatic rings. The van der Waals surface area contributed by atoms with E-state index >= 15 is 0 Å². The lowest BCUT2D eigenvalue weighted by atomic mass is 9.84. The molecule has 138 valence electrons. The summed E-state index contributed by atoms with van der Waals surface area (Å²) in [5, 5.41) is 4.39. The quantitative estimate of drug-likeness (QED) is 0.711. The first-order valence-corrected chi connectivity index (χ1v) is 9.32. The average Bonchev–Trinajstić information content (AvgIpc) is 3.07. The van der Waals surface area contributed by atoms with Crippen molar-refractivity contribution in [1.82, 2.24) is 10.2 Å². The monoisotopic (exact) mass is 392 g/mol. The van der Waals surface area contributed by atoms with E-state index in [4.69, 9.17) is 11.6 Å². The number of likely N-dealkylation sites (tertiary alicyclic amines) is 1. The van der Waals surface area contributed by atoms with Gasteiger partial charge in [-0.25, -0.2) is 0 Å². The second-order valence-electron chi connectivity index (χ2n) is 7.00. The fraction of sp³-hybridized carbons (Fsp3) is 0.684. The van der Waals surface area contributed by atoms with Crippen LogP contribution in [0.5, 0.6) is 0 Å². The molecule has 2 atom stereocenters. The molecule has 1 saturated heterocycles. The third-order valence-electron chi connectivity index (χ3n) is 5.62. The van der Waals surface area contributed by atoms with Gasteiger partial charge in [0.25, 0.3) is 0 Å². The van der Waals surface area contributed by atoms with Crippen molar-refractivity contribution in [2.75, 3.05) is 20.1 Å². The van der Waals surface area contributed by atoms with Gasteiger partial charge in [-0.3, -0.25) is 4.90 Å². The number of benzene rings is 1. The Kier molecular flexibility index (Phi) is 10.00. The summed E-state index contributed by atoms with van der Waals surface area (Å²) in [6.45, 7) is 2.41. The van der Waals surface area contributed by atoms with E-state index in [0.29, 0.717) is 12.1 Å². The molecule has 2 unspecified atom stereocenters. The highest BCUT2D eigenvalue weighted by Crippen LogP contribution is 2.39. The Hall–Kier alpha value is 0.01000. The molecule has 2 nitrogen and oxygen atoms in total. The molecule has 0 radical (unpaired) electrons. The number of hydrogen-bond acceptors (Lipinski definition) is 2. The zero-order valence-electron chi connectivity index (χ0n) is 14.5. The molecule has 1 aromatic rings. The van der Waals surface area contributed by atoms with E-state index < -0.39 is 0 Å². The zero-order valence-corrected chi connectivity index (χ0v) is 16.9. The van der Waals surface area contributed by atoms with Crippen molar-refractivity contribution in [3.05, 3.63) is 34.9 Å². The molecule has 3 rings (SSSR count). The molecule has 1 heterocycles. The largest absolute Gasteiger partial charge is 0.305 e. The first-order chi connectivity index (χ1) is 10.8. The molecule has 1 aliphatic heterocycles. The molecular weight excluding hydrogens is 363 g/mol. The highest BCUT2D eigenvalue weighted by molar-refractivity contribution is 6.30. The van der Waals surface area contributed by atoms with Crippen molar-refractivity contribution in [2.24, 2.45) is 5.92 Å². The van der Waals surface area contributed by atoms with Crippen LogP contribution in [0.4, 0.5) is 0 Å². The van der Waals surface area contributed by atoms with Crippen molar-refractivity contribution in [3.8, 4) is 0 Å². The summed E-state index contributed by atoms with van der Waals surface area (Å²) in [5.74, 6) is 1.47. The molecule has 0 aromatic heterocycles. The van der Waals surface area contributed by atoms with Crippen LogP contribution in [0.1, 0.15) is 56.4 Å². The summed E-state index contributed by atoms with van der Waals surface area (Å²) in [5.41, 5.74) is 1.44. The number of nitrogens with one attached hydrogen (secondary N) is 1. The van der Waals surface area contributed by atoms with Gasteiger partial charge < -0.3 is 5.32 Å². The maximum Gasteiger partial charge on any atom is 0.0594 e. The Balaban J connectivity index is 0.00000144. The number of hydrogen-bond donors (Lipinski definition) is 1. The lowest BCUT2D eigenvalue weighted by molar-refractivity contribution is 0.109. The van der Waals surface area contributed by atoms with E-state index in [-0.39, 0.29) is 24.8 Å². The lowest BCUT2D eigenvalue weighted by Crippen LogP contribution is -2.49. The average molecular weight is 394 g/mol. The molecule has 5 heteroatoms. The first kappa shape index (κ1) is 22.1. The van der Waals surface area contributed by atoms with Crippen LogP contribution in [0.2, 0.25) is 5.02 Å². The fourth-order valence-electron chi connectivity index (χ4n) is 4.41. The van der Waals surface area contributed by atoms with Crippen molar-refractivity contribution in [1.29, 1.82) is 0 Å². The smallest absolute Gasteiger partial charge is 0.0594 e. The topological polar surface area (TPSA) is 15.3 Å². The van der Waals surface area contributed by atoms with Crippen LogP contribution in [-0.2, 0) is 0 Å². The Morgan fingerprint density at radius 2 is 1.83 bits per heavy atom. The van der Waals surface area contributed by atoms with Gasteiger partial charge in [-0.15, -0.1) is 24.8 Å². The number of rotatable bonds is 5. The van der Waals surface area contributed by atoms with E-state index in [0.717, 1.165) is 10.9 Å². The van der Waals surface area contributed by atoms with Crippen LogP contribution >= 0.6 is 36.4 Å². The Morgan fingerprint density at radius 1 is 1.12 bits per heavy atom. The molecule has 1 saturated carbocycles. The van der Waals surface area contributed by atoms with Crippen molar-refractivity contribution >= 4 is 36.4 Å². The molecule has 0 amide bonds. The van der Waals surface area contributed by atoms with Crippen LogP contribution in [-0.4, -0.2) is 31.2 Å². The third-order valence-corrected chi connectivity index (χ3v) is 5.86. The molecule has 1 aromatic carbocycles. The summed E-state index contributed by atoms with van der Waals surface area (Å²) >= 11 is 6.27. The van der Waals surface area contributed by atoms with E-state index in [2.05, 4.69) is 35.5 Å². The third kappa shape index (κ3) is 5.51. The molecular formula is C19H31Cl3N2. The number of halogens is 3. The highest BCUT2D eigenvalue weighted by Gasteiger charge is 2.31. The first-order valence-electron chi connectivity index (χ1n) is 8.94. The summed E-state index contributed by atoms with van der Waals surface area (Å²) in [7, 11) is 2.10. The van der Waals surface area contributed by atoms with Crippen molar-refractivity contribution in [3.63, 3.8) is 0 Å². The summed E-state index contributed by atoms with van der Waals surface area (Å²) < 4.78 is 0. The normalized spacial score (nSPS) is 23.3. The second kappa shape index (κ2) is 10.9. The molecule has 1 aliphatic carbocycles. The van der Waals surface area contributed by atoms with Crippen LogP contribution in [0.3, 0.4) is 0 Å². The van der Waals surface area contributed by atoms with Gasteiger partial charge in [0, 0.05) is 11.6 Å². The van der Waals surface area contributed by atoms with E-state index in [1.807, 2.05) is 6.07 Å². The Labute approximate surface area is 164 Å². The fourth-order valence-corrected chi connectivity index (χ4v) is 4.61. The van der Waals surface area contributed by atoms with Crippen molar-refractivity contribution < 1.29 is 0 Å².